The summed E-state index contributed by atoms with van der Waals surface area (Å²) in [6, 6.07) is 21.4. The Balaban J connectivity index is 1.83. The molecular formula is C28H26N2O4. The zero-order valence-corrected chi connectivity index (χ0v) is 18.6. The number of rotatable bonds is 8. The molecule has 6 heteroatoms. The first-order chi connectivity index (χ1) is 16.3. The number of carbonyl (C=O) groups is 2. The minimum atomic E-state index is -0.689. The van der Waals surface area contributed by atoms with Crippen molar-refractivity contribution in [3.05, 3.63) is 106 Å². The van der Waals surface area contributed by atoms with Crippen molar-refractivity contribution in [2.45, 2.75) is 25.7 Å². The van der Waals surface area contributed by atoms with Crippen molar-refractivity contribution >= 4 is 22.6 Å². The largest absolute Gasteiger partial charge is 0.508 e. The van der Waals surface area contributed by atoms with Gasteiger partial charge in [0.2, 0.25) is 11.8 Å². The fourth-order valence-electron chi connectivity index (χ4n) is 4.51. The van der Waals surface area contributed by atoms with Crippen molar-refractivity contribution < 1.29 is 19.8 Å². The number of benzene rings is 4. The molecule has 4 aromatic rings. The van der Waals surface area contributed by atoms with Gasteiger partial charge in [-0.15, -0.1) is 0 Å². The molecule has 0 aliphatic carbocycles. The number of fused-ring (bicyclic) bond motifs is 1. The van der Waals surface area contributed by atoms with E-state index < -0.39 is 11.8 Å². The van der Waals surface area contributed by atoms with Crippen LogP contribution >= 0.6 is 0 Å². The number of phenolic OH excluding ortho intramolecular Hbond substituents is 2. The molecule has 4 rings (SSSR count). The van der Waals surface area contributed by atoms with Crippen LogP contribution < -0.4 is 11.5 Å². The lowest BCUT2D eigenvalue weighted by Crippen LogP contribution is -2.25. The lowest BCUT2D eigenvalue weighted by molar-refractivity contribution is 0.0966. The third-order valence-electron chi connectivity index (χ3n) is 6.12. The van der Waals surface area contributed by atoms with E-state index in [1.54, 1.807) is 24.3 Å². The second-order valence-electron chi connectivity index (χ2n) is 8.31. The lowest BCUT2D eigenvalue weighted by atomic mass is 9.84. The van der Waals surface area contributed by atoms with Crippen LogP contribution in [0.4, 0.5) is 0 Å². The van der Waals surface area contributed by atoms with E-state index in [1.165, 1.54) is 0 Å². The highest BCUT2D eigenvalue weighted by atomic mass is 16.3. The van der Waals surface area contributed by atoms with Gasteiger partial charge in [0.05, 0.1) is 11.1 Å². The fourth-order valence-corrected chi connectivity index (χ4v) is 4.51. The van der Waals surface area contributed by atoms with Gasteiger partial charge >= 0.3 is 0 Å². The van der Waals surface area contributed by atoms with E-state index in [0.29, 0.717) is 36.8 Å². The summed E-state index contributed by atoms with van der Waals surface area (Å²) in [7, 11) is 0. The van der Waals surface area contributed by atoms with Crippen LogP contribution in [0.2, 0.25) is 0 Å². The summed E-state index contributed by atoms with van der Waals surface area (Å²) < 4.78 is 0. The molecule has 172 valence electrons. The SMILES string of the molecule is NC(=O)c1c(C(N)=O)c(CCc2ccc(O)cc2)c2ccccc2c1CCc1ccc(O)cc1. The highest BCUT2D eigenvalue weighted by molar-refractivity contribution is 6.13. The molecule has 0 saturated carbocycles. The average Bonchev–Trinajstić information content (AvgIpc) is 2.82. The Bertz CT molecular complexity index is 1250. The standard InChI is InChI=1S/C28H26N2O4/c29-27(33)25-23(15-9-17-5-11-19(31)12-6-17)21-3-1-2-4-22(21)24(26(25)28(30)34)16-10-18-7-13-20(32)14-8-18/h1-8,11-14,31-32H,9-10,15-16H2,(H2,29,33)(H2,30,34). The van der Waals surface area contributed by atoms with Gasteiger partial charge in [0.25, 0.3) is 0 Å². The van der Waals surface area contributed by atoms with E-state index in [2.05, 4.69) is 0 Å². The van der Waals surface area contributed by atoms with Crippen LogP contribution in [0.3, 0.4) is 0 Å². The van der Waals surface area contributed by atoms with Gasteiger partial charge in [-0.05, 0) is 83.0 Å². The van der Waals surface area contributed by atoms with Crippen molar-refractivity contribution in [2.75, 3.05) is 0 Å². The second kappa shape index (κ2) is 9.67. The Labute approximate surface area is 197 Å². The van der Waals surface area contributed by atoms with Gasteiger partial charge < -0.3 is 21.7 Å². The number of phenols is 2. The molecule has 0 bridgehead atoms. The fraction of sp³-hybridized carbons (Fsp3) is 0.143. The molecule has 0 aromatic heterocycles. The molecule has 2 amide bonds. The van der Waals surface area contributed by atoms with Gasteiger partial charge in [-0.2, -0.15) is 0 Å². The van der Waals surface area contributed by atoms with Gasteiger partial charge in [-0.3, -0.25) is 9.59 Å². The van der Waals surface area contributed by atoms with Crippen molar-refractivity contribution in [3.63, 3.8) is 0 Å². The molecule has 0 spiro atoms. The zero-order chi connectivity index (χ0) is 24.2. The predicted octanol–water partition coefficient (Wildman–Crippen LogP) is 4.02. The van der Waals surface area contributed by atoms with Crippen LogP contribution in [0.1, 0.15) is 43.0 Å². The van der Waals surface area contributed by atoms with Gasteiger partial charge in [-0.1, -0.05) is 48.5 Å². The van der Waals surface area contributed by atoms with E-state index >= 15 is 0 Å². The summed E-state index contributed by atoms with van der Waals surface area (Å²) >= 11 is 0. The Morgan fingerprint density at radius 2 is 0.912 bits per heavy atom. The summed E-state index contributed by atoms with van der Waals surface area (Å²) in [5.41, 5.74) is 15.3. The minimum absolute atomic E-state index is 0.172. The number of aromatic hydroxyl groups is 2. The molecule has 0 aliphatic rings. The highest BCUT2D eigenvalue weighted by Crippen LogP contribution is 2.33. The predicted molar refractivity (Wildman–Crippen MR) is 132 cm³/mol. The van der Waals surface area contributed by atoms with E-state index in [9.17, 15) is 19.8 Å². The number of nitrogens with two attached hydrogens (primary N) is 2. The van der Waals surface area contributed by atoms with Gasteiger partial charge in [0.15, 0.2) is 0 Å². The van der Waals surface area contributed by atoms with Crippen LogP contribution in [0.15, 0.2) is 72.8 Å². The first-order valence-corrected chi connectivity index (χ1v) is 11.1. The molecular weight excluding hydrogens is 428 g/mol. The Hall–Kier alpha value is -4.32. The van der Waals surface area contributed by atoms with Gasteiger partial charge in [0.1, 0.15) is 11.5 Å². The van der Waals surface area contributed by atoms with Gasteiger partial charge in [0, 0.05) is 0 Å². The third kappa shape index (κ3) is 4.71. The van der Waals surface area contributed by atoms with Crippen molar-refractivity contribution in [1.82, 2.24) is 0 Å². The molecule has 0 unspecified atom stereocenters. The minimum Gasteiger partial charge on any atom is -0.508 e. The van der Waals surface area contributed by atoms with Gasteiger partial charge in [-0.25, -0.2) is 0 Å². The molecule has 0 radical (unpaired) electrons. The van der Waals surface area contributed by atoms with Crippen LogP contribution in [-0.2, 0) is 25.7 Å². The molecule has 0 heterocycles. The Morgan fingerprint density at radius 1 is 0.559 bits per heavy atom. The quantitative estimate of drug-likeness (QED) is 0.321. The molecule has 0 fully saturated rings. The summed E-state index contributed by atoms with van der Waals surface area (Å²) in [4.78, 5) is 25.3. The highest BCUT2D eigenvalue weighted by Gasteiger charge is 2.25. The van der Waals surface area contributed by atoms with E-state index in [0.717, 1.165) is 21.9 Å². The van der Waals surface area contributed by atoms with Crippen LogP contribution in [0.25, 0.3) is 10.8 Å². The van der Waals surface area contributed by atoms with Crippen molar-refractivity contribution in [3.8, 4) is 11.5 Å². The van der Waals surface area contributed by atoms with Crippen molar-refractivity contribution in [2.24, 2.45) is 11.5 Å². The maximum Gasteiger partial charge on any atom is 0.249 e. The first-order valence-electron chi connectivity index (χ1n) is 11.1. The number of aryl methyl sites for hydroxylation is 4. The maximum atomic E-state index is 12.7. The monoisotopic (exact) mass is 454 g/mol. The van der Waals surface area contributed by atoms with Crippen LogP contribution in [0.5, 0.6) is 11.5 Å². The third-order valence-corrected chi connectivity index (χ3v) is 6.12. The van der Waals surface area contributed by atoms with Crippen LogP contribution in [-0.4, -0.2) is 22.0 Å². The zero-order valence-electron chi connectivity index (χ0n) is 18.6. The lowest BCUT2D eigenvalue weighted by Gasteiger charge is -2.20. The second-order valence-corrected chi connectivity index (χ2v) is 8.31. The molecule has 0 aliphatic heterocycles. The summed E-state index contributed by atoms with van der Waals surface area (Å²) in [6.45, 7) is 0. The number of hydrogen-bond donors (Lipinski definition) is 4. The molecule has 34 heavy (non-hydrogen) atoms. The Kier molecular flexibility index (Phi) is 6.50. The average molecular weight is 455 g/mol. The number of carbonyl (C=O) groups excluding carboxylic acids is 2. The van der Waals surface area contributed by atoms with E-state index in [1.807, 2.05) is 48.5 Å². The van der Waals surface area contributed by atoms with E-state index in [4.69, 9.17) is 11.5 Å². The number of primary amides is 2. The van der Waals surface area contributed by atoms with Crippen LogP contribution in [0, 0.1) is 0 Å². The molecule has 6 nitrogen and oxygen atoms in total. The maximum absolute atomic E-state index is 12.7. The van der Waals surface area contributed by atoms with E-state index in [-0.39, 0.29) is 22.6 Å². The normalized spacial score (nSPS) is 10.9. The van der Waals surface area contributed by atoms with Crippen molar-refractivity contribution in [1.29, 1.82) is 0 Å². The molecule has 0 saturated heterocycles. The first kappa shape index (κ1) is 22.9. The summed E-state index contributed by atoms with van der Waals surface area (Å²) in [5.74, 6) is -1.01. The topological polar surface area (TPSA) is 127 Å². The molecule has 4 aromatic carbocycles. The smallest absolute Gasteiger partial charge is 0.249 e. The molecule has 6 N–H and O–H groups in total. The summed E-state index contributed by atoms with van der Waals surface area (Å²) in [6.07, 6.45) is 2.13. The number of amides is 2. The Morgan fingerprint density at radius 3 is 1.24 bits per heavy atom. The number of hydrogen-bond acceptors (Lipinski definition) is 4. The summed E-state index contributed by atoms with van der Waals surface area (Å²) in [5, 5.41) is 20.8. The molecule has 0 atom stereocenters.